The zero-order chi connectivity index (χ0) is 14.7. The van der Waals surface area contributed by atoms with Crippen LogP contribution in [0.15, 0.2) is 18.2 Å². The third-order valence-corrected chi connectivity index (χ3v) is 3.96. The molecule has 0 aromatic heterocycles. The van der Waals surface area contributed by atoms with E-state index in [2.05, 4.69) is 5.32 Å². The summed E-state index contributed by atoms with van der Waals surface area (Å²) in [6.07, 6.45) is 4.63. The molecule has 0 radical (unpaired) electrons. The molecular weight excluding hydrogens is 258 g/mol. The molecule has 0 spiro atoms. The van der Waals surface area contributed by atoms with Gasteiger partial charge >= 0.3 is 0 Å². The zero-order valence-electron chi connectivity index (χ0n) is 11.5. The maximum Gasteiger partial charge on any atom is 0.270 e. The van der Waals surface area contributed by atoms with E-state index in [0.717, 1.165) is 12.8 Å². The van der Waals surface area contributed by atoms with Crippen molar-refractivity contribution in [3.05, 3.63) is 33.9 Å². The molecule has 1 amide bonds. The Balaban J connectivity index is 2.11. The van der Waals surface area contributed by atoms with Crippen LogP contribution in [0, 0.1) is 16.0 Å². The smallest absolute Gasteiger partial charge is 0.270 e. The number of hydrogen-bond acceptors (Lipinski definition) is 4. The highest BCUT2D eigenvalue weighted by Crippen LogP contribution is 2.28. The molecule has 3 N–H and O–H groups in total. The largest absolute Gasteiger partial charge is 0.398 e. The number of carbonyl (C=O) groups is 1. The summed E-state index contributed by atoms with van der Waals surface area (Å²) in [7, 11) is 0. The number of benzene rings is 1. The van der Waals surface area contributed by atoms with Gasteiger partial charge in [-0.15, -0.1) is 0 Å². The lowest BCUT2D eigenvalue weighted by Gasteiger charge is -2.20. The van der Waals surface area contributed by atoms with Gasteiger partial charge in [0.1, 0.15) is 0 Å². The molecule has 1 atom stereocenters. The summed E-state index contributed by atoms with van der Waals surface area (Å²) in [5.74, 6) is 0.143. The van der Waals surface area contributed by atoms with Gasteiger partial charge in [0.05, 0.1) is 10.5 Å². The number of nitro benzene ring substituents is 1. The van der Waals surface area contributed by atoms with Gasteiger partial charge in [-0.2, -0.15) is 0 Å². The topological polar surface area (TPSA) is 98.3 Å². The first-order valence-electron chi connectivity index (χ1n) is 6.84. The Morgan fingerprint density at radius 2 is 2.10 bits per heavy atom. The van der Waals surface area contributed by atoms with E-state index in [1.807, 2.05) is 6.92 Å². The molecule has 1 aliphatic rings. The van der Waals surface area contributed by atoms with E-state index in [0.29, 0.717) is 5.92 Å². The van der Waals surface area contributed by atoms with Crippen molar-refractivity contribution in [3.63, 3.8) is 0 Å². The minimum Gasteiger partial charge on any atom is -0.398 e. The van der Waals surface area contributed by atoms with Gasteiger partial charge in [0, 0.05) is 23.9 Å². The predicted octanol–water partition coefficient (Wildman–Crippen LogP) is 2.49. The van der Waals surface area contributed by atoms with Gasteiger partial charge < -0.3 is 11.1 Å². The number of nitrogens with zero attached hydrogens (tertiary/aromatic N) is 1. The highest BCUT2D eigenvalue weighted by atomic mass is 16.6. The van der Waals surface area contributed by atoms with E-state index in [1.54, 1.807) is 0 Å². The third-order valence-electron chi connectivity index (χ3n) is 3.96. The number of amides is 1. The minimum absolute atomic E-state index is 0.0589. The summed E-state index contributed by atoms with van der Waals surface area (Å²) >= 11 is 0. The van der Waals surface area contributed by atoms with Crippen LogP contribution in [0.2, 0.25) is 0 Å². The molecule has 0 saturated heterocycles. The summed E-state index contributed by atoms with van der Waals surface area (Å²) in [5.41, 5.74) is 6.04. The number of nitrogens with two attached hydrogens (primary N) is 1. The van der Waals surface area contributed by atoms with E-state index in [1.165, 1.54) is 31.0 Å². The third kappa shape index (κ3) is 3.07. The fraction of sp³-hybridized carbons (Fsp3) is 0.500. The molecule has 1 aromatic carbocycles. The summed E-state index contributed by atoms with van der Waals surface area (Å²) in [6, 6.07) is 3.98. The molecule has 0 bridgehead atoms. The number of non-ortho nitro benzene ring substituents is 1. The molecule has 20 heavy (non-hydrogen) atoms. The van der Waals surface area contributed by atoms with Crippen molar-refractivity contribution in [1.82, 2.24) is 5.32 Å². The van der Waals surface area contributed by atoms with Gasteiger partial charge in [-0.1, -0.05) is 12.8 Å². The van der Waals surface area contributed by atoms with Gasteiger partial charge in [0.15, 0.2) is 0 Å². The Bertz CT molecular complexity index is 524. The summed E-state index contributed by atoms with van der Waals surface area (Å²) < 4.78 is 0. The highest BCUT2D eigenvalue weighted by molar-refractivity contribution is 5.99. The van der Waals surface area contributed by atoms with Crippen molar-refractivity contribution in [1.29, 1.82) is 0 Å². The number of anilines is 1. The van der Waals surface area contributed by atoms with Crippen LogP contribution in [0.4, 0.5) is 11.4 Å². The zero-order valence-corrected chi connectivity index (χ0v) is 11.5. The van der Waals surface area contributed by atoms with Gasteiger partial charge in [-0.3, -0.25) is 14.9 Å². The van der Waals surface area contributed by atoms with E-state index >= 15 is 0 Å². The molecule has 2 rings (SSSR count). The number of nitro groups is 1. The second-order valence-corrected chi connectivity index (χ2v) is 5.34. The molecule has 6 nitrogen and oxygen atoms in total. The Morgan fingerprint density at radius 3 is 2.70 bits per heavy atom. The van der Waals surface area contributed by atoms with Gasteiger partial charge in [0.25, 0.3) is 11.6 Å². The molecule has 1 fully saturated rings. The quantitative estimate of drug-likeness (QED) is 0.501. The van der Waals surface area contributed by atoms with Gasteiger partial charge in [-0.05, 0) is 31.7 Å². The SMILES string of the molecule is CC(NC(=O)c1cc([N+](=O)[O-])ccc1N)C1CCCC1. The Morgan fingerprint density at radius 1 is 1.45 bits per heavy atom. The summed E-state index contributed by atoms with van der Waals surface area (Å²) in [4.78, 5) is 22.4. The van der Waals surface area contributed by atoms with Crippen LogP contribution in [-0.4, -0.2) is 16.9 Å². The molecular formula is C14H19N3O3. The number of carbonyl (C=O) groups excluding carboxylic acids is 1. The standard InChI is InChI=1S/C14H19N3O3/c1-9(10-4-2-3-5-10)16-14(18)12-8-11(17(19)20)6-7-13(12)15/h6-10H,2-5,15H2,1H3,(H,16,18). The van der Waals surface area contributed by atoms with Crippen molar-refractivity contribution in [3.8, 4) is 0 Å². The van der Waals surface area contributed by atoms with Crippen LogP contribution < -0.4 is 11.1 Å². The maximum absolute atomic E-state index is 12.2. The van der Waals surface area contributed by atoms with Crippen molar-refractivity contribution in [2.24, 2.45) is 5.92 Å². The molecule has 0 heterocycles. The second-order valence-electron chi connectivity index (χ2n) is 5.34. The lowest BCUT2D eigenvalue weighted by atomic mass is 9.99. The number of hydrogen-bond donors (Lipinski definition) is 2. The van der Waals surface area contributed by atoms with Crippen molar-refractivity contribution in [2.45, 2.75) is 38.6 Å². The number of rotatable bonds is 4. The summed E-state index contributed by atoms with van der Waals surface area (Å²) in [5, 5.41) is 13.7. The minimum atomic E-state index is -0.531. The van der Waals surface area contributed by atoms with Crippen molar-refractivity contribution in [2.75, 3.05) is 5.73 Å². The number of nitrogens with one attached hydrogen (secondary N) is 1. The molecule has 108 valence electrons. The highest BCUT2D eigenvalue weighted by Gasteiger charge is 2.24. The first-order valence-corrected chi connectivity index (χ1v) is 6.84. The van der Waals surface area contributed by atoms with Crippen LogP contribution >= 0.6 is 0 Å². The fourth-order valence-corrected chi connectivity index (χ4v) is 2.71. The van der Waals surface area contributed by atoms with Crippen molar-refractivity contribution >= 4 is 17.3 Å². The Hall–Kier alpha value is -2.11. The first-order chi connectivity index (χ1) is 9.49. The normalized spacial score (nSPS) is 16.9. The van der Waals surface area contributed by atoms with Crippen LogP contribution in [-0.2, 0) is 0 Å². The monoisotopic (exact) mass is 277 g/mol. The van der Waals surface area contributed by atoms with E-state index < -0.39 is 4.92 Å². The van der Waals surface area contributed by atoms with Crippen LogP contribution in [0.25, 0.3) is 0 Å². The fourth-order valence-electron chi connectivity index (χ4n) is 2.71. The molecule has 1 unspecified atom stereocenters. The van der Waals surface area contributed by atoms with Crippen molar-refractivity contribution < 1.29 is 9.72 Å². The molecule has 1 aromatic rings. The summed E-state index contributed by atoms with van der Waals surface area (Å²) in [6.45, 7) is 1.97. The average molecular weight is 277 g/mol. The Labute approximate surface area is 117 Å². The lowest BCUT2D eigenvalue weighted by Crippen LogP contribution is -2.37. The molecule has 6 heteroatoms. The predicted molar refractivity (Wildman–Crippen MR) is 76.4 cm³/mol. The van der Waals surface area contributed by atoms with Gasteiger partial charge in [0.2, 0.25) is 0 Å². The van der Waals surface area contributed by atoms with Gasteiger partial charge in [-0.25, -0.2) is 0 Å². The lowest BCUT2D eigenvalue weighted by molar-refractivity contribution is -0.384. The molecule has 1 saturated carbocycles. The molecule has 1 aliphatic carbocycles. The second kappa shape index (κ2) is 5.90. The van der Waals surface area contributed by atoms with E-state index in [-0.39, 0.29) is 28.9 Å². The Kier molecular flexibility index (Phi) is 4.22. The van der Waals surface area contributed by atoms with Crippen LogP contribution in [0.3, 0.4) is 0 Å². The number of nitrogen functional groups attached to an aromatic ring is 1. The van der Waals surface area contributed by atoms with E-state index in [9.17, 15) is 14.9 Å². The maximum atomic E-state index is 12.2. The van der Waals surface area contributed by atoms with Crippen LogP contribution in [0.5, 0.6) is 0 Å². The average Bonchev–Trinajstić information content (AvgIpc) is 2.92. The van der Waals surface area contributed by atoms with Crippen LogP contribution in [0.1, 0.15) is 43.0 Å². The molecule has 0 aliphatic heterocycles. The van der Waals surface area contributed by atoms with E-state index in [4.69, 9.17) is 5.73 Å². The first kappa shape index (κ1) is 14.3.